The van der Waals surface area contributed by atoms with Crippen LogP contribution in [0.1, 0.15) is 30.0 Å². The molecule has 1 aromatic carbocycles. The number of carbonyl (C=O) groups is 1. The summed E-state index contributed by atoms with van der Waals surface area (Å²) in [6.45, 7) is 4.73. The Morgan fingerprint density at radius 2 is 1.97 bits per heavy atom. The fourth-order valence-corrected chi connectivity index (χ4v) is 3.93. The number of anilines is 1. The highest BCUT2D eigenvalue weighted by molar-refractivity contribution is 5.82. The van der Waals surface area contributed by atoms with Crippen LogP contribution in [0, 0.1) is 0 Å². The van der Waals surface area contributed by atoms with Crippen LogP contribution < -0.4 is 21.1 Å². The summed E-state index contributed by atoms with van der Waals surface area (Å²) >= 11 is 0. The summed E-state index contributed by atoms with van der Waals surface area (Å²) in [5, 5.41) is 3.03. The number of likely N-dealkylation sites (N-methyl/N-ethyl adjacent to an activating group) is 1. The van der Waals surface area contributed by atoms with Crippen molar-refractivity contribution in [1.29, 1.82) is 0 Å². The number of hydrazine groups is 1. The van der Waals surface area contributed by atoms with Crippen LogP contribution in [0.15, 0.2) is 48.7 Å². The smallest absolute Gasteiger partial charge is 0.238 e. The Morgan fingerprint density at radius 1 is 1.10 bits per heavy atom. The van der Waals surface area contributed by atoms with Gasteiger partial charge in [-0.3, -0.25) is 4.79 Å². The lowest BCUT2D eigenvalue weighted by atomic mass is 10.0. The van der Waals surface area contributed by atoms with E-state index >= 15 is 0 Å². The summed E-state index contributed by atoms with van der Waals surface area (Å²) < 4.78 is 0. The number of pyridine rings is 1. The van der Waals surface area contributed by atoms with E-state index in [9.17, 15) is 4.79 Å². The first-order valence-electron chi connectivity index (χ1n) is 10.4. The van der Waals surface area contributed by atoms with E-state index in [0.717, 1.165) is 50.4 Å². The van der Waals surface area contributed by atoms with Crippen molar-refractivity contribution in [2.45, 2.75) is 31.5 Å². The molecule has 7 heteroatoms. The number of aromatic nitrogens is 1. The molecule has 0 saturated carbocycles. The average molecular weight is 395 g/mol. The number of hydrogen-bond acceptors (Lipinski definition) is 6. The number of rotatable bonds is 5. The van der Waals surface area contributed by atoms with Gasteiger partial charge in [-0.15, -0.1) is 0 Å². The number of carbonyl (C=O) groups excluding carboxylic acids is 1. The van der Waals surface area contributed by atoms with Crippen molar-refractivity contribution in [3.8, 4) is 0 Å². The van der Waals surface area contributed by atoms with E-state index in [-0.39, 0.29) is 18.0 Å². The first-order valence-corrected chi connectivity index (χ1v) is 10.4. The van der Waals surface area contributed by atoms with E-state index in [1.54, 1.807) is 0 Å². The van der Waals surface area contributed by atoms with E-state index in [4.69, 9.17) is 0 Å². The zero-order chi connectivity index (χ0) is 20.1. The molecular formula is C22H30N6O. The highest BCUT2D eigenvalue weighted by Crippen LogP contribution is 2.22. The molecular weight excluding hydrogens is 364 g/mol. The Balaban J connectivity index is 1.26. The van der Waals surface area contributed by atoms with Gasteiger partial charge in [-0.1, -0.05) is 36.4 Å². The minimum atomic E-state index is -0.235. The van der Waals surface area contributed by atoms with Gasteiger partial charge in [0.1, 0.15) is 11.9 Å². The van der Waals surface area contributed by atoms with Crippen LogP contribution in [0.25, 0.3) is 0 Å². The van der Waals surface area contributed by atoms with Gasteiger partial charge in [0.05, 0.1) is 0 Å². The van der Waals surface area contributed by atoms with Crippen LogP contribution >= 0.6 is 0 Å². The topological polar surface area (TPSA) is 72.5 Å². The molecule has 2 saturated heterocycles. The van der Waals surface area contributed by atoms with E-state index in [1.807, 2.05) is 24.4 Å². The van der Waals surface area contributed by atoms with Gasteiger partial charge in [-0.2, -0.15) is 0 Å². The summed E-state index contributed by atoms with van der Waals surface area (Å²) in [6.07, 6.45) is 3.76. The Bertz CT molecular complexity index is 797. The summed E-state index contributed by atoms with van der Waals surface area (Å²) in [5.74, 6) is 1.03. The molecule has 0 aliphatic carbocycles. The van der Waals surface area contributed by atoms with Gasteiger partial charge >= 0.3 is 0 Å². The number of nitrogens with one attached hydrogen (secondary N) is 3. The van der Waals surface area contributed by atoms with E-state index in [1.165, 1.54) is 5.56 Å². The molecule has 0 radical (unpaired) electrons. The normalized spacial score (nSPS) is 23.0. The zero-order valence-electron chi connectivity index (χ0n) is 17.0. The van der Waals surface area contributed by atoms with Crippen molar-refractivity contribution < 1.29 is 4.79 Å². The monoisotopic (exact) mass is 394 g/mol. The summed E-state index contributed by atoms with van der Waals surface area (Å²) in [7, 11) is 2.17. The number of benzene rings is 1. The second kappa shape index (κ2) is 9.35. The van der Waals surface area contributed by atoms with Crippen LogP contribution in [-0.4, -0.2) is 55.1 Å². The molecule has 1 aromatic heterocycles. The third-order valence-electron chi connectivity index (χ3n) is 5.74. The molecule has 3 N–H and O–H groups in total. The first-order chi connectivity index (χ1) is 14.2. The SMILES string of the molecule is CN1CCCN(c2ccc(CNC(=O)C3CC(c4ccccc4)NN3)cn2)CC1. The molecule has 154 valence electrons. The third-order valence-corrected chi connectivity index (χ3v) is 5.74. The molecule has 2 aromatic rings. The van der Waals surface area contributed by atoms with Crippen molar-refractivity contribution >= 4 is 11.7 Å². The Labute approximate surface area is 172 Å². The quantitative estimate of drug-likeness (QED) is 0.713. The Hall–Kier alpha value is -2.48. The number of nitrogens with zero attached hydrogens (tertiary/aromatic N) is 3. The van der Waals surface area contributed by atoms with Crippen molar-refractivity contribution in [3.63, 3.8) is 0 Å². The summed E-state index contributed by atoms with van der Waals surface area (Å²) in [6, 6.07) is 14.2. The number of amides is 1. The van der Waals surface area contributed by atoms with Crippen LogP contribution in [0.3, 0.4) is 0 Å². The van der Waals surface area contributed by atoms with Crippen molar-refractivity contribution in [3.05, 3.63) is 59.8 Å². The minimum Gasteiger partial charge on any atom is -0.355 e. The fourth-order valence-electron chi connectivity index (χ4n) is 3.93. The highest BCUT2D eigenvalue weighted by Gasteiger charge is 2.29. The predicted octanol–water partition coefficient (Wildman–Crippen LogP) is 1.45. The van der Waals surface area contributed by atoms with E-state index in [0.29, 0.717) is 6.54 Å². The second-order valence-electron chi connectivity index (χ2n) is 7.93. The van der Waals surface area contributed by atoms with Gasteiger partial charge in [-0.05, 0) is 43.6 Å². The van der Waals surface area contributed by atoms with Gasteiger partial charge in [-0.25, -0.2) is 15.8 Å². The molecule has 1 amide bonds. The lowest BCUT2D eigenvalue weighted by Crippen LogP contribution is -2.42. The molecule has 0 spiro atoms. The fraction of sp³-hybridized carbons (Fsp3) is 0.455. The Morgan fingerprint density at radius 3 is 2.76 bits per heavy atom. The number of hydrogen-bond donors (Lipinski definition) is 3. The molecule has 2 fully saturated rings. The highest BCUT2D eigenvalue weighted by atomic mass is 16.2. The van der Waals surface area contributed by atoms with Crippen LogP contribution in [-0.2, 0) is 11.3 Å². The maximum atomic E-state index is 12.5. The average Bonchev–Trinajstić information content (AvgIpc) is 3.16. The lowest BCUT2D eigenvalue weighted by Gasteiger charge is -2.21. The van der Waals surface area contributed by atoms with Crippen LogP contribution in [0.4, 0.5) is 5.82 Å². The molecule has 3 heterocycles. The molecule has 7 nitrogen and oxygen atoms in total. The van der Waals surface area contributed by atoms with Crippen molar-refractivity contribution in [2.75, 3.05) is 38.1 Å². The van der Waals surface area contributed by atoms with Crippen LogP contribution in [0.2, 0.25) is 0 Å². The largest absolute Gasteiger partial charge is 0.355 e. The van der Waals surface area contributed by atoms with Crippen molar-refractivity contribution in [2.24, 2.45) is 0 Å². The lowest BCUT2D eigenvalue weighted by molar-refractivity contribution is -0.123. The maximum absolute atomic E-state index is 12.5. The maximum Gasteiger partial charge on any atom is 0.238 e. The minimum absolute atomic E-state index is 0.00978. The van der Waals surface area contributed by atoms with Gasteiger partial charge in [0.15, 0.2) is 0 Å². The first kappa shape index (κ1) is 19.8. The third kappa shape index (κ3) is 5.12. The second-order valence-corrected chi connectivity index (χ2v) is 7.93. The zero-order valence-corrected chi connectivity index (χ0v) is 17.0. The van der Waals surface area contributed by atoms with Gasteiger partial charge in [0.25, 0.3) is 0 Å². The molecule has 29 heavy (non-hydrogen) atoms. The van der Waals surface area contributed by atoms with Crippen molar-refractivity contribution in [1.82, 2.24) is 26.1 Å². The van der Waals surface area contributed by atoms with Crippen LogP contribution in [0.5, 0.6) is 0 Å². The van der Waals surface area contributed by atoms with Gasteiger partial charge in [0, 0.05) is 38.4 Å². The molecule has 2 aliphatic rings. The standard InChI is InChI=1S/C22H30N6O/c1-27-10-5-11-28(13-12-27)21-9-8-17(15-23-21)16-24-22(29)20-14-19(25-26-20)18-6-3-2-4-7-18/h2-4,6-9,15,19-20,25-26H,5,10-14,16H2,1H3,(H,24,29). The van der Waals surface area contributed by atoms with Gasteiger partial charge in [0.2, 0.25) is 5.91 Å². The van der Waals surface area contributed by atoms with E-state index in [2.05, 4.69) is 62.3 Å². The molecule has 0 bridgehead atoms. The molecule has 4 rings (SSSR count). The summed E-state index contributed by atoms with van der Waals surface area (Å²) in [4.78, 5) is 21.9. The van der Waals surface area contributed by atoms with Gasteiger partial charge < -0.3 is 15.1 Å². The Kier molecular flexibility index (Phi) is 6.39. The van der Waals surface area contributed by atoms with E-state index < -0.39 is 0 Å². The molecule has 2 atom stereocenters. The molecule has 2 unspecified atom stereocenters. The molecule has 2 aliphatic heterocycles. The predicted molar refractivity (Wildman–Crippen MR) is 114 cm³/mol. The summed E-state index contributed by atoms with van der Waals surface area (Å²) in [5.41, 5.74) is 8.54.